The summed E-state index contributed by atoms with van der Waals surface area (Å²) in [5.74, 6) is 0.386. The third-order valence-corrected chi connectivity index (χ3v) is 5.22. The topological polar surface area (TPSA) is 37.3 Å². The molecular weight excluding hydrogens is 276 g/mol. The lowest BCUT2D eigenvalue weighted by Gasteiger charge is -2.10. The monoisotopic (exact) mass is 288 g/mol. The molecule has 0 radical (unpaired) electrons. The predicted molar refractivity (Wildman–Crippen MR) is 65.3 cm³/mol. The molecule has 0 saturated carbocycles. The Labute approximate surface area is 100 Å². The third-order valence-electron chi connectivity index (χ3n) is 2.77. The Hall–Kier alpha value is -0.190. The van der Waals surface area contributed by atoms with Crippen LogP contribution in [0.3, 0.4) is 0 Å². The van der Waals surface area contributed by atoms with Crippen molar-refractivity contribution in [2.75, 3.05) is 12.4 Å². The van der Waals surface area contributed by atoms with Gasteiger partial charge in [0, 0.05) is 21.0 Å². The molecule has 0 amide bonds. The van der Waals surface area contributed by atoms with Gasteiger partial charge in [0.05, 0.1) is 11.9 Å². The highest BCUT2D eigenvalue weighted by atomic mass is 79.9. The molecular formula is C11H13BrO2S. The molecule has 1 aliphatic rings. The van der Waals surface area contributed by atoms with Gasteiger partial charge in [0.25, 0.3) is 0 Å². The predicted octanol–water partition coefficient (Wildman–Crippen LogP) is 2.18. The van der Waals surface area contributed by atoms with Gasteiger partial charge in [-0.1, -0.05) is 28.1 Å². The van der Waals surface area contributed by atoms with Crippen molar-refractivity contribution >= 4 is 26.7 Å². The van der Waals surface area contributed by atoms with Crippen LogP contribution < -0.4 is 0 Å². The van der Waals surface area contributed by atoms with Crippen LogP contribution in [0, 0.1) is 0 Å². The van der Waals surface area contributed by atoms with Gasteiger partial charge in [0.2, 0.25) is 0 Å². The summed E-state index contributed by atoms with van der Waals surface area (Å²) >= 11 is 3.51. The minimum absolute atomic E-state index is 0.00640. The maximum absolute atomic E-state index is 11.9. The SMILES string of the molecule is O=S(CCO)C1CCc2c(Br)cccc21. The van der Waals surface area contributed by atoms with E-state index in [1.165, 1.54) is 11.1 Å². The number of rotatable bonds is 3. The van der Waals surface area contributed by atoms with Crippen LogP contribution in [0.5, 0.6) is 0 Å². The van der Waals surface area contributed by atoms with E-state index in [0.29, 0.717) is 5.75 Å². The van der Waals surface area contributed by atoms with E-state index < -0.39 is 10.8 Å². The summed E-state index contributed by atoms with van der Waals surface area (Å²) in [6.07, 6.45) is 1.92. The summed E-state index contributed by atoms with van der Waals surface area (Å²) in [6.45, 7) is 0.00640. The van der Waals surface area contributed by atoms with Crippen molar-refractivity contribution in [3.05, 3.63) is 33.8 Å². The Morgan fingerprint density at radius 3 is 3.07 bits per heavy atom. The maximum atomic E-state index is 11.9. The summed E-state index contributed by atoms with van der Waals surface area (Å²) < 4.78 is 13.0. The number of aliphatic hydroxyl groups is 1. The molecule has 0 heterocycles. The van der Waals surface area contributed by atoms with Crippen LogP contribution >= 0.6 is 15.9 Å². The van der Waals surface area contributed by atoms with Gasteiger partial charge >= 0.3 is 0 Å². The van der Waals surface area contributed by atoms with Gasteiger partial charge in [-0.05, 0) is 30.0 Å². The van der Waals surface area contributed by atoms with Gasteiger partial charge in [-0.15, -0.1) is 0 Å². The van der Waals surface area contributed by atoms with Gasteiger partial charge in [-0.3, -0.25) is 4.21 Å². The van der Waals surface area contributed by atoms with Crippen LogP contribution in [0.1, 0.15) is 22.8 Å². The molecule has 1 N–H and O–H groups in total. The number of hydrogen-bond donors (Lipinski definition) is 1. The molecule has 1 aromatic carbocycles. The van der Waals surface area contributed by atoms with Crippen molar-refractivity contribution in [1.82, 2.24) is 0 Å². The van der Waals surface area contributed by atoms with Crippen molar-refractivity contribution in [3.63, 3.8) is 0 Å². The van der Waals surface area contributed by atoms with Crippen molar-refractivity contribution < 1.29 is 9.32 Å². The second-order valence-electron chi connectivity index (χ2n) is 3.64. The molecule has 0 aromatic heterocycles. The first-order valence-corrected chi connectivity index (χ1v) is 7.17. The summed E-state index contributed by atoms with van der Waals surface area (Å²) in [5, 5.41) is 8.91. The normalized spacial score (nSPS) is 21.3. The fraction of sp³-hybridized carbons (Fsp3) is 0.455. The van der Waals surface area contributed by atoms with E-state index in [4.69, 9.17) is 5.11 Å². The number of aliphatic hydroxyl groups excluding tert-OH is 1. The van der Waals surface area contributed by atoms with Crippen molar-refractivity contribution in [3.8, 4) is 0 Å². The lowest BCUT2D eigenvalue weighted by atomic mass is 10.1. The minimum Gasteiger partial charge on any atom is -0.395 e. The summed E-state index contributed by atoms with van der Waals surface area (Å²) in [7, 11) is -0.936. The molecule has 82 valence electrons. The Bertz CT molecular complexity index is 392. The molecule has 0 fully saturated rings. The van der Waals surface area contributed by atoms with E-state index in [-0.39, 0.29) is 11.9 Å². The molecule has 2 atom stereocenters. The average molecular weight is 289 g/mol. The van der Waals surface area contributed by atoms with Crippen molar-refractivity contribution in [2.45, 2.75) is 18.1 Å². The molecule has 2 unspecified atom stereocenters. The zero-order valence-corrected chi connectivity index (χ0v) is 10.7. The van der Waals surface area contributed by atoms with E-state index in [0.717, 1.165) is 17.3 Å². The van der Waals surface area contributed by atoms with Crippen LogP contribution in [0.25, 0.3) is 0 Å². The first-order chi connectivity index (χ1) is 7.24. The first kappa shape index (κ1) is 11.3. The van der Waals surface area contributed by atoms with Gasteiger partial charge < -0.3 is 5.11 Å². The minimum atomic E-state index is -0.936. The molecule has 1 aliphatic carbocycles. The van der Waals surface area contributed by atoms with Crippen LogP contribution in [-0.2, 0) is 17.2 Å². The Morgan fingerprint density at radius 2 is 2.33 bits per heavy atom. The Balaban J connectivity index is 2.29. The lowest BCUT2D eigenvalue weighted by molar-refractivity contribution is 0.321. The highest BCUT2D eigenvalue weighted by Crippen LogP contribution is 2.38. The second kappa shape index (κ2) is 4.76. The van der Waals surface area contributed by atoms with Gasteiger partial charge in [0.1, 0.15) is 0 Å². The summed E-state index contributed by atoms with van der Waals surface area (Å²) in [4.78, 5) is 0. The van der Waals surface area contributed by atoms with E-state index in [1.54, 1.807) is 0 Å². The van der Waals surface area contributed by atoms with Crippen LogP contribution in [0.15, 0.2) is 22.7 Å². The molecule has 2 rings (SSSR count). The lowest BCUT2D eigenvalue weighted by Crippen LogP contribution is -2.09. The number of benzene rings is 1. The van der Waals surface area contributed by atoms with E-state index in [9.17, 15) is 4.21 Å². The molecule has 15 heavy (non-hydrogen) atoms. The first-order valence-electron chi connectivity index (χ1n) is 4.99. The smallest absolute Gasteiger partial charge is 0.0604 e. The highest BCUT2D eigenvalue weighted by Gasteiger charge is 2.28. The molecule has 0 aliphatic heterocycles. The van der Waals surface area contributed by atoms with E-state index in [1.807, 2.05) is 18.2 Å². The highest BCUT2D eigenvalue weighted by molar-refractivity contribution is 9.10. The Kier molecular flexibility index (Phi) is 3.59. The number of hydrogen-bond acceptors (Lipinski definition) is 2. The fourth-order valence-electron chi connectivity index (χ4n) is 2.08. The number of fused-ring (bicyclic) bond motifs is 1. The van der Waals surface area contributed by atoms with Crippen molar-refractivity contribution in [1.29, 1.82) is 0 Å². The van der Waals surface area contributed by atoms with Crippen molar-refractivity contribution in [2.24, 2.45) is 0 Å². The largest absolute Gasteiger partial charge is 0.395 e. The zero-order chi connectivity index (χ0) is 10.8. The Morgan fingerprint density at radius 1 is 1.53 bits per heavy atom. The van der Waals surface area contributed by atoms with Gasteiger partial charge in [0.15, 0.2) is 0 Å². The molecule has 0 spiro atoms. The zero-order valence-electron chi connectivity index (χ0n) is 8.28. The summed E-state index contributed by atoms with van der Waals surface area (Å²) in [6, 6.07) is 6.06. The van der Waals surface area contributed by atoms with Crippen LogP contribution in [0.2, 0.25) is 0 Å². The molecule has 0 saturated heterocycles. The van der Waals surface area contributed by atoms with E-state index in [2.05, 4.69) is 15.9 Å². The average Bonchev–Trinajstić information content (AvgIpc) is 2.63. The quantitative estimate of drug-likeness (QED) is 0.926. The van der Waals surface area contributed by atoms with Gasteiger partial charge in [-0.25, -0.2) is 0 Å². The number of halogens is 1. The summed E-state index contributed by atoms with van der Waals surface area (Å²) in [5.41, 5.74) is 2.48. The molecule has 0 bridgehead atoms. The third kappa shape index (κ3) is 2.17. The molecule has 2 nitrogen and oxygen atoms in total. The molecule has 1 aromatic rings. The van der Waals surface area contributed by atoms with Gasteiger partial charge in [-0.2, -0.15) is 0 Å². The fourth-order valence-corrected chi connectivity index (χ4v) is 4.01. The van der Waals surface area contributed by atoms with E-state index >= 15 is 0 Å². The maximum Gasteiger partial charge on any atom is 0.0604 e. The van der Waals surface area contributed by atoms with Crippen LogP contribution in [0.4, 0.5) is 0 Å². The second-order valence-corrected chi connectivity index (χ2v) is 6.24. The molecule has 4 heteroatoms. The standard InChI is InChI=1S/C11H13BrO2S/c12-10-3-1-2-9-8(10)4-5-11(9)15(14)7-6-13/h1-3,11,13H,4-7H2. The van der Waals surface area contributed by atoms with Crippen LogP contribution in [-0.4, -0.2) is 21.7 Å².